The topological polar surface area (TPSA) is 70.6 Å². The second-order valence-electron chi connectivity index (χ2n) is 6.69. The predicted octanol–water partition coefficient (Wildman–Crippen LogP) is 3.83. The fourth-order valence-electron chi connectivity index (χ4n) is 3.15. The van der Waals surface area contributed by atoms with Gasteiger partial charge in [0.2, 0.25) is 5.91 Å². The van der Waals surface area contributed by atoms with Gasteiger partial charge >= 0.3 is 0 Å². The quantitative estimate of drug-likeness (QED) is 0.529. The maximum absolute atomic E-state index is 12.6. The van der Waals surface area contributed by atoms with E-state index >= 15 is 0 Å². The number of rotatable bonds is 4. The highest BCUT2D eigenvalue weighted by Crippen LogP contribution is 2.31. The first-order chi connectivity index (χ1) is 13.8. The standard InChI is InChI=1S/C19H17BrClN3O3S2/c20-13-1-6-16-17(11-13)28-19(22-16)24-9-7-23(8-10-24)18(25)12-29(26,27)15-4-2-14(21)3-5-15/h1-6,11H,7-10,12H2. The predicted molar refractivity (Wildman–Crippen MR) is 120 cm³/mol. The van der Waals surface area contributed by atoms with E-state index < -0.39 is 15.6 Å². The number of piperazine rings is 1. The molecule has 0 radical (unpaired) electrons. The van der Waals surface area contributed by atoms with Crippen LogP contribution in [0.1, 0.15) is 0 Å². The van der Waals surface area contributed by atoms with Gasteiger partial charge in [-0.25, -0.2) is 13.4 Å². The number of fused-ring (bicyclic) bond motifs is 1. The number of nitrogens with zero attached hydrogens (tertiary/aromatic N) is 3. The first-order valence-electron chi connectivity index (χ1n) is 8.89. The highest BCUT2D eigenvalue weighted by molar-refractivity contribution is 9.10. The summed E-state index contributed by atoms with van der Waals surface area (Å²) in [4.78, 5) is 21.1. The van der Waals surface area contributed by atoms with Crippen molar-refractivity contribution in [1.29, 1.82) is 0 Å². The first kappa shape index (κ1) is 20.6. The molecular weight excluding hydrogens is 498 g/mol. The van der Waals surface area contributed by atoms with Crippen molar-refractivity contribution < 1.29 is 13.2 Å². The van der Waals surface area contributed by atoms with Crippen LogP contribution in [-0.4, -0.2) is 56.1 Å². The molecule has 1 saturated heterocycles. The summed E-state index contributed by atoms with van der Waals surface area (Å²) in [6.45, 7) is 2.17. The average molecular weight is 515 g/mol. The molecule has 0 spiro atoms. The monoisotopic (exact) mass is 513 g/mol. The van der Waals surface area contributed by atoms with Crippen molar-refractivity contribution in [3.8, 4) is 0 Å². The van der Waals surface area contributed by atoms with Crippen LogP contribution >= 0.6 is 38.9 Å². The molecule has 0 saturated carbocycles. The second kappa shape index (κ2) is 8.22. The molecule has 1 aliphatic heterocycles. The number of aromatic nitrogens is 1. The molecule has 1 aromatic heterocycles. The zero-order valence-electron chi connectivity index (χ0n) is 15.2. The van der Waals surface area contributed by atoms with Gasteiger partial charge in [-0.3, -0.25) is 4.79 Å². The van der Waals surface area contributed by atoms with Crippen LogP contribution in [0.4, 0.5) is 5.13 Å². The maximum atomic E-state index is 12.6. The SMILES string of the molecule is O=C(CS(=O)(=O)c1ccc(Cl)cc1)N1CCN(c2nc3ccc(Br)cc3s2)CC1. The zero-order valence-corrected chi connectivity index (χ0v) is 19.2. The Labute approximate surface area is 186 Å². The van der Waals surface area contributed by atoms with E-state index in [0.29, 0.717) is 31.2 Å². The van der Waals surface area contributed by atoms with Crippen molar-refractivity contribution in [2.75, 3.05) is 36.8 Å². The van der Waals surface area contributed by atoms with Crippen molar-refractivity contribution >= 4 is 70.0 Å². The lowest BCUT2D eigenvalue weighted by molar-refractivity contribution is -0.128. The number of amides is 1. The van der Waals surface area contributed by atoms with Crippen LogP contribution in [0.3, 0.4) is 0 Å². The third kappa shape index (κ3) is 4.58. The number of benzene rings is 2. The number of halogens is 2. The summed E-state index contributed by atoms with van der Waals surface area (Å²) in [5.74, 6) is -0.920. The molecule has 4 rings (SSSR count). The average Bonchev–Trinajstić information content (AvgIpc) is 3.11. The summed E-state index contributed by atoms with van der Waals surface area (Å²) < 4.78 is 27.1. The van der Waals surface area contributed by atoms with Gasteiger partial charge in [0, 0.05) is 35.7 Å². The molecule has 0 bridgehead atoms. The van der Waals surface area contributed by atoms with Crippen molar-refractivity contribution in [1.82, 2.24) is 9.88 Å². The Balaban J connectivity index is 1.39. The second-order valence-corrected chi connectivity index (χ2v) is 11.0. The lowest BCUT2D eigenvalue weighted by atomic mass is 10.3. The van der Waals surface area contributed by atoms with E-state index in [4.69, 9.17) is 11.6 Å². The van der Waals surface area contributed by atoms with Crippen molar-refractivity contribution in [3.05, 3.63) is 52.0 Å². The van der Waals surface area contributed by atoms with Gasteiger partial charge in [0.1, 0.15) is 5.75 Å². The number of carbonyl (C=O) groups excluding carboxylic acids is 1. The van der Waals surface area contributed by atoms with Crippen LogP contribution in [0.2, 0.25) is 5.02 Å². The Hall–Kier alpha value is -1.68. The Bertz CT molecular complexity index is 1160. The van der Waals surface area contributed by atoms with Crippen molar-refractivity contribution in [2.24, 2.45) is 0 Å². The smallest absolute Gasteiger partial charge is 0.238 e. The molecule has 152 valence electrons. The minimum Gasteiger partial charge on any atom is -0.345 e. The fourth-order valence-corrected chi connectivity index (χ4v) is 6.07. The van der Waals surface area contributed by atoms with Gasteiger partial charge in [0.25, 0.3) is 0 Å². The van der Waals surface area contributed by atoms with Gasteiger partial charge in [-0.15, -0.1) is 0 Å². The van der Waals surface area contributed by atoms with Gasteiger partial charge in [0.05, 0.1) is 15.1 Å². The van der Waals surface area contributed by atoms with Gasteiger partial charge in [-0.1, -0.05) is 38.9 Å². The molecule has 10 heteroatoms. The molecule has 1 aliphatic rings. The molecule has 1 amide bonds. The van der Waals surface area contributed by atoms with E-state index in [0.717, 1.165) is 19.8 Å². The molecule has 29 heavy (non-hydrogen) atoms. The van der Waals surface area contributed by atoms with Gasteiger partial charge in [0.15, 0.2) is 15.0 Å². The lowest BCUT2D eigenvalue weighted by Crippen LogP contribution is -2.50. The zero-order chi connectivity index (χ0) is 20.6. The summed E-state index contributed by atoms with van der Waals surface area (Å²) in [7, 11) is -3.69. The number of hydrogen-bond acceptors (Lipinski definition) is 6. The summed E-state index contributed by atoms with van der Waals surface area (Å²) >= 11 is 10.9. The van der Waals surface area contributed by atoms with Gasteiger partial charge in [-0.05, 0) is 42.5 Å². The normalized spacial score (nSPS) is 15.1. The lowest BCUT2D eigenvalue weighted by Gasteiger charge is -2.34. The molecule has 0 atom stereocenters. The van der Waals surface area contributed by atoms with Crippen LogP contribution in [0.25, 0.3) is 10.2 Å². The highest BCUT2D eigenvalue weighted by atomic mass is 79.9. The number of carbonyl (C=O) groups is 1. The Morgan fingerprint density at radius 2 is 1.79 bits per heavy atom. The summed E-state index contributed by atoms with van der Waals surface area (Å²) in [5.41, 5.74) is 0.945. The molecule has 2 heterocycles. The van der Waals surface area contributed by atoms with Gasteiger partial charge < -0.3 is 9.80 Å². The number of sulfone groups is 1. The van der Waals surface area contributed by atoms with Gasteiger partial charge in [-0.2, -0.15) is 0 Å². The van der Waals surface area contributed by atoms with Crippen LogP contribution < -0.4 is 4.90 Å². The third-order valence-corrected chi connectivity index (χ3v) is 8.17. The molecule has 1 fully saturated rings. The van der Waals surface area contributed by atoms with E-state index in [9.17, 15) is 13.2 Å². The van der Waals surface area contributed by atoms with Crippen molar-refractivity contribution in [2.45, 2.75) is 4.90 Å². The molecular formula is C19H17BrClN3O3S2. The van der Waals surface area contributed by atoms with E-state index in [1.807, 2.05) is 18.2 Å². The van der Waals surface area contributed by atoms with Crippen LogP contribution in [0, 0.1) is 0 Å². The summed E-state index contributed by atoms with van der Waals surface area (Å²) in [6, 6.07) is 11.8. The molecule has 2 aromatic carbocycles. The van der Waals surface area contributed by atoms with Crippen molar-refractivity contribution in [3.63, 3.8) is 0 Å². The molecule has 0 N–H and O–H groups in total. The van der Waals surface area contributed by atoms with E-state index in [1.165, 1.54) is 24.3 Å². The van der Waals surface area contributed by atoms with Crippen LogP contribution in [0.5, 0.6) is 0 Å². The summed E-state index contributed by atoms with van der Waals surface area (Å²) in [5, 5.41) is 1.37. The number of anilines is 1. The van der Waals surface area contributed by atoms with Crippen LogP contribution in [0.15, 0.2) is 51.8 Å². The maximum Gasteiger partial charge on any atom is 0.238 e. The number of thiazole rings is 1. The molecule has 0 aliphatic carbocycles. The Kier molecular flexibility index (Phi) is 5.83. The Morgan fingerprint density at radius 1 is 1.10 bits per heavy atom. The molecule has 0 unspecified atom stereocenters. The number of hydrogen-bond donors (Lipinski definition) is 0. The molecule has 6 nitrogen and oxygen atoms in total. The fraction of sp³-hybridized carbons (Fsp3) is 0.263. The van der Waals surface area contributed by atoms with E-state index in [2.05, 4.69) is 25.8 Å². The molecule has 3 aromatic rings. The third-order valence-electron chi connectivity index (χ3n) is 4.73. The van der Waals surface area contributed by atoms with Crippen LogP contribution in [-0.2, 0) is 14.6 Å². The first-order valence-corrected chi connectivity index (χ1v) is 12.5. The highest BCUT2D eigenvalue weighted by Gasteiger charge is 2.27. The largest absolute Gasteiger partial charge is 0.345 e. The Morgan fingerprint density at radius 3 is 2.48 bits per heavy atom. The minimum atomic E-state index is -3.69. The minimum absolute atomic E-state index is 0.106. The van der Waals surface area contributed by atoms with E-state index in [1.54, 1.807) is 16.2 Å². The summed E-state index contributed by atoms with van der Waals surface area (Å²) in [6.07, 6.45) is 0. The van der Waals surface area contributed by atoms with E-state index in [-0.39, 0.29) is 10.8 Å².